The van der Waals surface area contributed by atoms with E-state index in [4.69, 9.17) is 4.74 Å². The minimum absolute atomic E-state index is 0.488. The number of aromatic nitrogens is 3. The summed E-state index contributed by atoms with van der Waals surface area (Å²) < 4.78 is 7.05. The Hall–Kier alpha value is -1.93. The molecule has 25 heavy (non-hydrogen) atoms. The fourth-order valence-corrected chi connectivity index (χ4v) is 3.11. The normalized spacial score (nSPS) is 11.8. The Morgan fingerprint density at radius 1 is 1.28 bits per heavy atom. The van der Waals surface area contributed by atoms with Crippen molar-refractivity contribution < 1.29 is 4.74 Å². The number of thiophene rings is 1. The number of nitrogens with zero attached hydrogens (tertiary/aromatic N) is 4. The second kappa shape index (κ2) is 10.1. The Bertz CT molecular complexity index is 678. The molecule has 0 aliphatic heterocycles. The van der Waals surface area contributed by atoms with Crippen LogP contribution in [0.2, 0.25) is 0 Å². The lowest BCUT2D eigenvalue weighted by Gasteiger charge is -2.12. The number of aliphatic imine (C=N–C) groups is 1. The largest absolute Gasteiger partial charge is 0.385 e. The van der Waals surface area contributed by atoms with E-state index in [0.717, 1.165) is 50.1 Å². The van der Waals surface area contributed by atoms with Crippen molar-refractivity contribution in [1.82, 2.24) is 25.4 Å². The topological polar surface area (TPSA) is 76.4 Å². The zero-order chi connectivity index (χ0) is 18.1. The number of ether oxygens (including phenoxy) is 1. The third-order valence-electron chi connectivity index (χ3n) is 3.87. The predicted octanol–water partition coefficient (Wildman–Crippen LogP) is 2.02. The summed E-state index contributed by atoms with van der Waals surface area (Å²) in [4.78, 5) is 7.35. The van der Waals surface area contributed by atoms with Crippen LogP contribution in [0.25, 0.3) is 0 Å². The van der Waals surface area contributed by atoms with Crippen LogP contribution in [0.5, 0.6) is 0 Å². The molecule has 0 saturated carbocycles. The summed E-state index contributed by atoms with van der Waals surface area (Å²) >= 11 is 1.84. The lowest BCUT2D eigenvalue weighted by molar-refractivity contribution is 0.195. The number of hydrogen-bond acceptors (Lipinski definition) is 5. The summed E-state index contributed by atoms with van der Waals surface area (Å²) in [6.07, 6.45) is 2.01. The van der Waals surface area contributed by atoms with Gasteiger partial charge in [-0.3, -0.25) is 0 Å². The Morgan fingerprint density at radius 3 is 2.72 bits per heavy atom. The zero-order valence-electron chi connectivity index (χ0n) is 15.5. The quantitative estimate of drug-likeness (QED) is 0.404. The Kier molecular flexibility index (Phi) is 7.87. The van der Waals surface area contributed by atoms with Gasteiger partial charge in [-0.25, -0.2) is 4.99 Å². The van der Waals surface area contributed by atoms with Crippen LogP contribution in [-0.2, 0) is 31.3 Å². The van der Waals surface area contributed by atoms with Crippen LogP contribution < -0.4 is 10.6 Å². The van der Waals surface area contributed by atoms with Gasteiger partial charge in [0.1, 0.15) is 12.4 Å². The van der Waals surface area contributed by atoms with E-state index < -0.39 is 0 Å². The van der Waals surface area contributed by atoms with Crippen molar-refractivity contribution in [3.63, 3.8) is 0 Å². The SMILES string of the molecule is CCc1ccc(CNC(=NCc2nnc(C)n2C)NCCCOC)s1. The molecular formula is C17H28N6OS. The van der Waals surface area contributed by atoms with Gasteiger partial charge in [0.25, 0.3) is 0 Å². The van der Waals surface area contributed by atoms with E-state index >= 15 is 0 Å². The number of rotatable bonds is 9. The number of nitrogens with one attached hydrogen (secondary N) is 2. The monoisotopic (exact) mass is 364 g/mol. The zero-order valence-corrected chi connectivity index (χ0v) is 16.3. The summed E-state index contributed by atoms with van der Waals surface area (Å²) in [7, 11) is 3.67. The van der Waals surface area contributed by atoms with Crippen LogP contribution >= 0.6 is 11.3 Å². The van der Waals surface area contributed by atoms with Crippen molar-refractivity contribution in [3.05, 3.63) is 33.5 Å². The maximum absolute atomic E-state index is 5.10. The van der Waals surface area contributed by atoms with E-state index in [1.54, 1.807) is 7.11 Å². The van der Waals surface area contributed by atoms with Gasteiger partial charge in [0.2, 0.25) is 0 Å². The molecule has 0 fully saturated rings. The summed E-state index contributed by atoms with van der Waals surface area (Å²) in [5, 5.41) is 15.0. The van der Waals surface area contributed by atoms with Gasteiger partial charge in [-0.15, -0.1) is 21.5 Å². The Balaban J connectivity index is 1.95. The summed E-state index contributed by atoms with van der Waals surface area (Å²) in [5.74, 6) is 2.52. The molecule has 0 aromatic carbocycles. The first-order valence-electron chi connectivity index (χ1n) is 8.57. The molecule has 2 rings (SSSR count). The van der Waals surface area contributed by atoms with Gasteiger partial charge in [-0.05, 0) is 31.9 Å². The van der Waals surface area contributed by atoms with Crippen LogP contribution in [0, 0.1) is 6.92 Å². The molecule has 2 aromatic heterocycles. The molecule has 2 heterocycles. The lowest BCUT2D eigenvalue weighted by atomic mass is 10.3. The molecule has 0 spiro atoms. The molecule has 8 heteroatoms. The van der Waals surface area contributed by atoms with Gasteiger partial charge in [0.05, 0.1) is 6.54 Å². The van der Waals surface area contributed by atoms with E-state index in [0.29, 0.717) is 6.54 Å². The standard InChI is InChI=1S/C17H28N6OS/c1-5-14-7-8-15(25-14)11-19-17(18-9-6-10-24-4)20-12-16-22-21-13(2)23(16)3/h7-8H,5-6,9-12H2,1-4H3,(H2,18,19,20). The molecule has 0 atom stereocenters. The van der Waals surface area contributed by atoms with E-state index in [1.807, 2.05) is 29.9 Å². The van der Waals surface area contributed by atoms with Crippen molar-refractivity contribution in [2.45, 2.75) is 39.8 Å². The molecule has 0 bridgehead atoms. The number of hydrogen-bond donors (Lipinski definition) is 2. The van der Waals surface area contributed by atoms with Crippen molar-refractivity contribution >= 4 is 17.3 Å². The van der Waals surface area contributed by atoms with Gasteiger partial charge < -0.3 is 19.9 Å². The predicted molar refractivity (Wildman–Crippen MR) is 102 cm³/mol. The molecule has 0 radical (unpaired) electrons. The molecule has 0 aliphatic rings. The first kappa shape index (κ1) is 19.4. The van der Waals surface area contributed by atoms with Crippen molar-refractivity contribution in [3.8, 4) is 0 Å². The van der Waals surface area contributed by atoms with Gasteiger partial charge in [0, 0.05) is 37.1 Å². The highest BCUT2D eigenvalue weighted by atomic mass is 32.1. The maximum Gasteiger partial charge on any atom is 0.192 e. The summed E-state index contributed by atoms with van der Waals surface area (Å²) in [6.45, 7) is 6.90. The average Bonchev–Trinajstić information content (AvgIpc) is 3.21. The third-order valence-corrected chi connectivity index (χ3v) is 5.10. The van der Waals surface area contributed by atoms with Crippen LogP contribution in [0.15, 0.2) is 17.1 Å². The molecule has 2 N–H and O–H groups in total. The maximum atomic E-state index is 5.10. The van der Waals surface area contributed by atoms with E-state index in [9.17, 15) is 0 Å². The van der Waals surface area contributed by atoms with Crippen molar-refractivity contribution in [2.75, 3.05) is 20.3 Å². The molecule has 0 amide bonds. The van der Waals surface area contributed by atoms with E-state index in [2.05, 4.69) is 44.9 Å². The Labute approximate surface area is 153 Å². The fraction of sp³-hybridized carbons (Fsp3) is 0.588. The van der Waals surface area contributed by atoms with Crippen LogP contribution in [-0.4, -0.2) is 41.0 Å². The molecular weight excluding hydrogens is 336 g/mol. The fourth-order valence-electron chi connectivity index (χ4n) is 2.21. The molecule has 0 aliphatic carbocycles. The highest BCUT2D eigenvalue weighted by molar-refractivity contribution is 7.11. The van der Waals surface area contributed by atoms with E-state index in [-0.39, 0.29) is 0 Å². The molecule has 7 nitrogen and oxygen atoms in total. The molecule has 138 valence electrons. The second-order valence-electron chi connectivity index (χ2n) is 5.74. The summed E-state index contributed by atoms with van der Waals surface area (Å²) in [6, 6.07) is 4.36. The first-order valence-corrected chi connectivity index (χ1v) is 9.39. The third kappa shape index (κ3) is 6.13. The van der Waals surface area contributed by atoms with Crippen LogP contribution in [0.4, 0.5) is 0 Å². The first-order chi connectivity index (χ1) is 12.1. The van der Waals surface area contributed by atoms with Crippen LogP contribution in [0.1, 0.15) is 34.7 Å². The number of methoxy groups -OCH3 is 1. The Morgan fingerprint density at radius 2 is 2.08 bits per heavy atom. The minimum Gasteiger partial charge on any atom is -0.385 e. The number of aryl methyl sites for hydroxylation is 2. The van der Waals surface area contributed by atoms with Gasteiger partial charge in [-0.1, -0.05) is 6.92 Å². The van der Waals surface area contributed by atoms with Gasteiger partial charge >= 0.3 is 0 Å². The minimum atomic E-state index is 0.488. The van der Waals surface area contributed by atoms with Crippen molar-refractivity contribution in [2.24, 2.45) is 12.0 Å². The lowest BCUT2D eigenvalue weighted by Crippen LogP contribution is -2.37. The van der Waals surface area contributed by atoms with Gasteiger partial charge in [0.15, 0.2) is 11.8 Å². The average molecular weight is 365 g/mol. The highest BCUT2D eigenvalue weighted by Crippen LogP contribution is 2.16. The highest BCUT2D eigenvalue weighted by Gasteiger charge is 2.06. The summed E-state index contributed by atoms with van der Waals surface area (Å²) in [5.41, 5.74) is 0. The molecule has 0 saturated heterocycles. The van der Waals surface area contributed by atoms with Crippen molar-refractivity contribution in [1.29, 1.82) is 0 Å². The van der Waals surface area contributed by atoms with Gasteiger partial charge in [-0.2, -0.15) is 0 Å². The molecule has 2 aromatic rings. The van der Waals surface area contributed by atoms with E-state index in [1.165, 1.54) is 9.75 Å². The number of guanidine groups is 1. The smallest absolute Gasteiger partial charge is 0.192 e. The van der Waals surface area contributed by atoms with Crippen LogP contribution in [0.3, 0.4) is 0 Å². The second-order valence-corrected chi connectivity index (χ2v) is 6.99. The molecule has 0 unspecified atom stereocenters.